The van der Waals surface area contributed by atoms with E-state index in [1.165, 1.54) is 4.31 Å². The van der Waals surface area contributed by atoms with Gasteiger partial charge in [0.05, 0.1) is 5.75 Å². The van der Waals surface area contributed by atoms with Gasteiger partial charge in [0.2, 0.25) is 10.0 Å². The van der Waals surface area contributed by atoms with Crippen LogP contribution in [0.4, 0.5) is 5.69 Å². The van der Waals surface area contributed by atoms with Crippen LogP contribution in [0.1, 0.15) is 18.9 Å². The van der Waals surface area contributed by atoms with Crippen molar-refractivity contribution in [3.8, 4) is 0 Å². The monoisotopic (exact) mass is 318 g/mol. The summed E-state index contributed by atoms with van der Waals surface area (Å²) in [6, 6.07) is 7.92. The summed E-state index contributed by atoms with van der Waals surface area (Å²) >= 11 is 5.58. The summed E-state index contributed by atoms with van der Waals surface area (Å²) in [6.45, 7) is 2.74. The number of rotatable bonds is 8. The van der Waals surface area contributed by atoms with Crippen LogP contribution < -0.4 is 4.90 Å². The third kappa shape index (κ3) is 4.96. The number of nitrogens with zero attached hydrogens (tertiary/aromatic N) is 2. The fraction of sp³-hybridized carbons (Fsp3) is 0.571. The van der Waals surface area contributed by atoms with E-state index in [4.69, 9.17) is 11.6 Å². The largest absolute Gasteiger partial charge is 0.378 e. The molecule has 0 saturated carbocycles. The van der Waals surface area contributed by atoms with Gasteiger partial charge in [-0.05, 0) is 24.1 Å². The van der Waals surface area contributed by atoms with Gasteiger partial charge in [0.1, 0.15) is 0 Å². The lowest BCUT2D eigenvalue weighted by atomic mass is 10.2. The lowest BCUT2D eigenvalue weighted by Gasteiger charge is -2.21. The molecule has 114 valence electrons. The topological polar surface area (TPSA) is 40.6 Å². The van der Waals surface area contributed by atoms with Gasteiger partial charge in [-0.3, -0.25) is 0 Å². The summed E-state index contributed by atoms with van der Waals surface area (Å²) in [7, 11) is 0.732. The van der Waals surface area contributed by atoms with E-state index < -0.39 is 10.0 Å². The highest BCUT2D eigenvalue weighted by Crippen LogP contribution is 2.15. The lowest BCUT2D eigenvalue weighted by molar-refractivity contribution is 0.423. The number of sulfonamides is 1. The summed E-state index contributed by atoms with van der Waals surface area (Å²) in [5.41, 5.74) is 2.09. The van der Waals surface area contributed by atoms with Crippen LogP contribution in [0.5, 0.6) is 0 Å². The summed E-state index contributed by atoms with van der Waals surface area (Å²) in [6.07, 6.45) is 0.486. The van der Waals surface area contributed by atoms with Gasteiger partial charge in [0, 0.05) is 38.8 Å². The molecule has 0 fully saturated rings. The molecule has 0 spiro atoms. The zero-order valence-corrected chi connectivity index (χ0v) is 13.9. The Morgan fingerprint density at radius 3 is 2.20 bits per heavy atom. The molecule has 0 aliphatic carbocycles. The molecule has 0 N–H and O–H groups in total. The normalized spacial score (nSPS) is 11.8. The number of benzene rings is 1. The van der Waals surface area contributed by atoms with Crippen LogP contribution in [0.3, 0.4) is 0 Å². The van der Waals surface area contributed by atoms with E-state index >= 15 is 0 Å². The van der Waals surface area contributed by atoms with E-state index in [0.29, 0.717) is 25.4 Å². The fourth-order valence-electron chi connectivity index (χ4n) is 1.88. The van der Waals surface area contributed by atoms with Gasteiger partial charge in [-0.2, -0.15) is 4.31 Å². The van der Waals surface area contributed by atoms with Gasteiger partial charge in [-0.15, -0.1) is 11.6 Å². The molecular formula is C14H23ClN2O2S. The molecule has 1 aromatic rings. The Kier molecular flexibility index (Phi) is 6.79. The number of anilines is 1. The maximum Gasteiger partial charge on any atom is 0.214 e. The lowest BCUT2D eigenvalue weighted by Crippen LogP contribution is -2.32. The van der Waals surface area contributed by atoms with Crippen LogP contribution in [0.2, 0.25) is 0 Å². The van der Waals surface area contributed by atoms with Crippen LogP contribution in [0, 0.1) is 0 Å². The van der Waals surface area contributed by atoms with Gasteiger partial charge in [-0.25, -0.2) is 8.42 Å². The molecule has 0 aromatic heterocycles. The first-order valence-corrected chi connectivity index (χ1v) is 8.85. The van der Waals surface area contributed by atoms with Gasteiger partial charge in [0.15, 0.2) is 0 Å². The Hall–Kier alpha value is -0.780. The SMILES string of the molecule is CCN(Cc1ccc(N(C)C)cc1)S(=O)(=O)CCCCl. The average molecular weight is 319 g/mol. The molecule has 4 nitrogen and oxygen atoms in total. The van der Waals surface area contributed by atoms with E-state index in [9.17, 15) is 8.42 Å². The van der Waals surface area contributed by atoms with Crippen molar-refractivity contribution in [2.45, 2.75) is 19.9 Å². The van der Waals surface area contributed by atoms with Crippen LogP contribution in [0.15, 0.2) is 24.3 Å². The zero-order valence-electron chi connectivity index (χ0n) is 12.3. The smallest absolute Gasteiger partial charge is 0.214 e. The first-order valence-electron chi connectivity index (χ1n) is 6.70. The minimum absolute atomic E-state index is 0.111. The molecule has 1 aromatic carbocycles. The summed E-state index contributed by atoms with van der Waals surface area (Å²) in [4.78, 5) is 2.01. The van der Waals surface area contributed by atoms with Crippen LogP contribution >= 0.6 is 11.6 Å². The van der Waals surface area contributed by atoms with Crippen LogP contribution in [0.25, 0.3) is 0 Å². The van der Waals surface area contributed by atoms with Crippen molar-refractivity contribution < 1.29 is 8.42 Å². The molecular weight excluding hydrogens is 296 g/mol. The maximum atomic E-state index is 12.2. The third-order valence-electron chi connectivity index (χ3n) is 3.09. The zero-order chi connectivity index (χ0) is 15.2. The molecule has 1 rings (SSSR count). The Morgan fingerprint density at radius 1 is 1.15 bits per heavy atom. The second kappa shape index (κ2) is 7.86. The molecule has 20 heavy (non-hydrogen) atoms. The standard InChI is InChI=1S/C14H23ClN2O2S/c1-4-17(20(18,19)11-5-10-15)12-13-6-8-14(9-7-13)16(2)3/h6-9H,4-5,10-12H2,1-3H3. The predicted molar refractivity (Wildman–Crippen MR) is 86.0 cm³/mol. The predicted octanol–water partition coefficient (Wildman–Crippen LogP) is 2.53. The highest BCUT2D eigenvalue weighted by Gasteiger charge is 2.19. The van der Waals surface area contributed by atoms with Crippen molar-refractivity contribution in [1.82, 2.24) is 4.31 Å². The Bertz CT molecular complexity index is 500. The molecule has 0 saturated heterocycles. The molecule has 0 amide bonds. The first-order chi connectivity index (χ1) is 9.40. The number of halogens is 1. The van der Waals surface area contributed by atoms with Crippen molar-refractivity contribution >= 4 is 27.3 Å². The Morgan fingerprint density at radius 2 is 1.75 bits per heavy atom. The van der Waals surface area contributed by atoms with Gasteiger partial charge in [-0.1, -0.05) is 19.1 Å². The molecule has 6 heteroatoms. The highest BCUT2D eigenvalue weighted by molar-refractivity contribution is 7.89. The number of hydrogen-bond donors (Lipinski definition) is 0. The van der Waals surface area contributed by atoms with Crippen molar-refractivity contribution in [3.05, 3.63) is 29.8 Å². The van der Waals surface area contributed by atoms with Crippen molar-refractivity contribution in [3.63, 3.8) is 0 Å². The third-order valence-corrected chi connectivity index (χ3v) is 5.34. The minimum atomic E-state index is -3.22. The average Bonchev–Trinajstić information content (AvgIpc) is 2.42. The van der Waals surface area contributed by atoms with E-state index in [1.807, 2.05) is 50.2 Å². The molecule has 0 atom stereocenters. The summed E-state index contributed by atoms with van der Waals surface area (Å²) in [5.74, 6) is 0.481. The van der Waals surface area contributed by atoms with Crippen LogP contribution in [-0.4, -0.2) is 45.0 Å². The summed E-state index contributed by atoms with van der Waals surface area (Å²) in [5, 5.41) is 0. The quantitative estimate of drug-likeness (QED) is 0.692. The Labute approximate surface area is 127 Å². The fourth-order valence-corrected chi connectivity index (χ4v) is 3.67. The van der Waals surface area contributed by atoms with E-state index in [1.54, 1.807) is 0 Å². The van der Waals surface area contributed by atoms with Gasteiger partial charge in [0.25, 0.3) is 0 Å². The van der Waals surface area contributed by atoms with Crippen LogP contribution in [-0.2, 0) is 16.6 Å². The molecule has 0 unspecified atom stereocenters. The second-order valence-electron chi connectivity index (χ2n) is 4.85. The molecule has 0 heterocycles. The number of hydrogen-bond acceptors (Lipinski definition) is 3. The number of alkyl halides is 1. The van der Waals surface area contributed by atoms with Gasteiger partial charge >= 0.3 is 0 Å². The van der Waals surface area contributed by atoms with E-state index in [0.717, 1.165) is 11.3 Å². The van der Waals surface area contributed by atoms with E-state index in [2.05, 4.69) is 0 Å². The minimum Gasteiger partial charge on any atom is -0.378 e. The maximum absolute atomic E-state index is 12.2. The van der Waals surface area contributed by atoms with Gasteiger partial charge < -0.3 is 4.90 Å². The summed E-state index contributed by atoms with van der Waals surface area (Å²) < 4.78 is 25.8. The van der Waals surface area contributed by atoms with Crippen molar-refractivity contribution in [2.24, 2.45) is 0 Å². The molecule has 0 aliphatic heterocycles. The van der Waals surface area contributed by atoms with Crippen molar-refractivity contribution in [1.29, 1.82) is 0 Å². The first kappa shape index (κ1) is 17.3. The molecule has 0 aliphatic rings. The Balaban J connectivity index is 2.78. The second-order valence-corrected chi connectivity index (χ2v) is 7.31. The van der Waals surface area contributed by atoms with E-state index in [-0.39, 0.29) is 5.75 Å². The molecule has 0 bridgehead atoms. The molecule has 0 radical (unpaired) electrons. The van der Waals surface area contributed by atoms with Crippen molar-refractivity contribution in [2.75, 3.05) is 37.2 Å². The highest BCUT2D eigenvalue weighted by atomic mass is 35.5.